The SMILES string of the molecule is CCOc1cc(OCC=C(Cl)Cl)ccc1Oc1ccc(Oc2c(C)c(C)nn2CC)cc1. The number of aromatic nitrogens is 2. The summed E-state index contributed by atoms with van der Waals surface area (Å²) in [7, 11) is 0. The molecule has 0 N–H and O–H groups in total. The molecule has 0 saturated carbocycles. The van der Waals surface area contributed by atoms with Crippen LogP contribution in [0.1, 0.15) is 25.1 Å². The van der Waals surface area contributed by atoms with Gasteiger partial charge < -0.3 is 18.9 Å². The summed E-state index contributed by atoms with van der Waals surface area (Å²) in [6.07, 6.45) is 1.56. The molecular weight excluding hydrogens is 451 g/mol. The largest absolute Gasteiger partial charge is 0.490 e. The maximum absolute atomic E-state index is 6.07. The van der Waals surface area contributed by atoms with E-state index < -0.39 is 0 Å². The Hall–Kier alpha value is -2.83. The molecule has 0 atom stereocenters. The number of nitrogens with zero attached hydrogens (tertiary/aromatic N) is 2. The van der Waals surface area contributed by atoms with Crippen molar-refractivity contribution < 1.29 is 18.9 Å². The number of rotatable bonds is 10. The molecule has 8 heteroatoms. The van der Waals surface area contributed by atoms with E-state index >= 15 is 0 Å². The monoisotopic (exact) mass is 476 g/mol. The van der Waals surface area contributed by atoms with Gasteiger partial charge >= 0.3 is 0 Å². The molecule has 2 aromatic carbocycles. The van der Waals surface area contributed by atoms with Crippen LogP contribution in [0, 0.1) is 13.8 Å². The lowest BCUT2D eigenvalue weighted by Gasteiger charge is -2.14. The van der Waals surface area contributed by atoms with Gasteiger partial charge in [0.05, 0.1) is 12.3 Å². The van der Waals surface area contributed by atoms with Gasteiger partial charge in [-0.25, -0.2) is 4.68 Å². The van der Waals surface area contributed by atoms with Crippen LogP contribution in [-0.4, -0.2) is 23.0 Å². The summed E-state index contributed by atoms with van der Waals surface area (Å²) < 4.78 is 25.4. The van der Waals surface area contributed by atoms with Crippen LogP contribution in [0.5, 0.6) is 34.6 Å². The lowest BCUT2D eigenvalue weighted by Crippen LogP contribution is -2.00. The third-order valence-electron chi connectivity index (χ3n) is 4.64. The predicted molar refractivity (Wildman–Crippen MR) is 127 cm³/mol. The minimum Gasteiger partial charge on any atom is -0.490 e. The Morgan fingerprint density at radius 2 is 1.56 bits per heavy atom. The third-order valence-corrected chi connectivity index (χ3v) is 4.95. The highest BCUT2D eigenvalue weighted by molar-refractivity contribution is 6.55. The van der Waals surface area contributed by atoms with Gasteiger partial charge in [-0.15, -0.1) is 0 Å². The second kappa shape index (κ2) is 11.2. The van der Waals surface area contributed by atoms with Gasteiger partial charge in [0, 0.05) is 18.2 Å². The molecule has 1 aromatic heterocycles. The first-order valence-electron chi connectivity index (χ1n) is 10.3. The Balaban J connectivity index is 1.72. The van der Waals surface area contributed by atoms with Gasteiger partial charge in [-0.05, 0) is 70.2 Å². The van der Waals surface area contributed by atoms with E-state index in [1.165, 1.54) is 0 Å². The fraction of sp³-hybridized carbons (Fsp3) is 0.292. The minimum absolute atomic E-state index is 0.159. The Kier molecular flexibility index (Phi) is 8.31. The molecular formula is C24H26Cl2N2O4. The molecule has 3 rings (SSSR count). The normalized spacial score (nSPS) is 10.6. The minimum atomic E-state index is 0.159. The molecule has 0 unspecified atom stereocenters. The van der Waals surface area contributed by atoms with E-state index in [9.17, 15) is 0 Å². The molecule has 0 aliphatic rings. The highest BCUT2D eigenvalue weighted by Gasteiger charge is 2.13. The summed E-state index contributed by atoms with van der Waals surface area (Å²) in [5.41, 5.74) is 1.99. The van der Waals surface area contributed by atoms with Crippen molar-refractivity contribution in [3.63, 3.8) is 0 Å². The van der Waals surface area contributed by atoms with Crippen molar-refractivity contribution >= 4 is 23.2 Å². The molecule has 0 aliphatic heterocycles. The van der Waals surface area contributed by atoms with Gasteiger partial charge in [-0.2, -0.15) is 5.10 Å². The highest BCUT2D eigenvalue weighted by Crippen LogP contribution is 2.36. The molecule has 0 radical (unpaired) electrons. The Labute approximate surface area is 198 Å². The Bertz CT molecular complexity index is 1070. The van der Waals surface area contributed by atoms with Gasteiger partial charge in [0.2, 0.25) is 5.88 Å². The van der Waals surface area contributed by atoms with Gasteiger partial charge in [0.1, 0.15) is 28.3 Å². The second-order valence-electron chi connectivity index (χ2n) is 6.85. The van der Waals surface area contributed by atoms with Gasteiger partial charge in [0.25, 0.3) is 0 Å². The first kappa shape index (κ1) is 23.8. The highest BCUT2D eigenvalue weighted by atomic mass is 35.5. The molecule has 170 valence electrons. The zero-order chi connectivity index (χ0) is 23.1. The maximum Gasteiger partial charge on any atom is 0.220 e. The number of ether oxygens (including phenoxy) is 4. The van der Waals surface area contributed by atoms with Crippen LogP contribution in [0.25, 0.3) is 0 Å². The molecule has 0 saturated heterocycles. The van der Waals surface area contributed by atoms with Crippen molar-refractivity contribution in [1.29, 1.82) is 0 Å². The van der Waals surface area contributed by atoms with Crippen LogP contribution in [0.3, 0.4) is 0 Å². The van der Waals surface area contributed by atoms with Crippen LogP contribution in [0.2, 0.25) is 0 Å². The zero-order valence-electron chi connectivity index (χ0n) is 18.5. The van der Waals surface area contributed by atoms with Crippen molar-refractivity contribution in [3.05, 3.63) is 64.3 Å². The Morgan fingerprint density at radius 1 is 0.906 bits per heavy atom. The van der Waals surface area contributed by atoms with Crippen molar-refractivity contribution in [2.24, 2.45) is 0 Å². The Morgan fingerprint density at radius 3 is 2.19 bits per heavy atom. The number of benzene rings is 2. The average Bonchev–Trinajstić information content (AvgIpc) is 3.04. The number of hydrogen-bond acceptors (Lipinski definition) is 5. The van der Waals surface area contributed by atoms with Crippen LogP contribution >= 0.6 is 23.2 Å². The zero-order valence-corrected chi connectivity index (χ0v) is 20.0. The predicted octanol–water partition coefficient (Wildman–Crippen LogP) is 7.20. The van der Waals surface area contributed by atoms with E-state index in [4.69, 9.17) is 42.1 Å². The van der Waals surface area contributed by atoms with Crippen molar-refractivity contribution in [1.82, 2.24) is 9.78 Å². The molecule has 0 bridgehead atoms. The summed E-state index contributed by atoms with van der Waals surface area (Å²) in [4.78, 5) is 0. The van der Waals surface area contributed by atoms with Gasteiger partial charge in [0.15, 0.2) is 11.5 Å². The lowest BCUT2D eigenvalue weighted by atomic mass is 10.2. The first-order valence-corrected chi connectivity index (χ1v) is 11.1. The van der Waals surface area contributed by atoms with Crippen molar-refractivity contribution in [2.75, 3.05) is 13.2 Å². The smallest absolute Gasteiger partial charge is 0.220 e. The van der Waals surface area contributed by atoms with Crippen LogP contribution in [-0.2, 0) is 6.54 Å². The van der Waals surface area contributed by atoms with E-state index in [0.717, 1.165) is 23.7 Å². The van der Waals surface area contributed by atoms with Crippen molar-refractivity contribution in [3.8, 4) is 34.6 Å². The second-order valence-corrected chi connectivity index (χ2v) is 7.86. The summed E-state index contributed by atoms with van der Waals surface area (Å²) in [6, 6.07) is 12.8. The quantitative estimate of drug-likeness (QED) is 0.309. The summed E-state index contributed by atoms with van der Waals surface area (Å²) >= 11 is 11.2. The number of aryl methyl sites for hydroxylation is 2. The molecule has 0 fully saturated rings. The van der Waals surface area contributed by atoms with E-state index in [1.54, 1.807) is 24.3 Å². The van der Waals surface area contributed by atoms with Crippen LogP contribution in [0.4, 0.5) is 0 Å². The van der Waals surface area contributed by atoms with E-state index in [1.807, 2.05) is 56.6 Å². The van der Waals surface area contributed by atoms with Gasteiger partial charge in [-0.1, -0.05) is 23.2 Å². The van der Waals surface area contributed by atoms with E-state index in [2.05, 4.69) is 5.10 Å². The van der Waals surface area contributed by atoms with Crippen LogP contribution < -0.4 is 18.9 Å². The molecule has 0 spiro atoms. The topological polar surface area (TPSA) is 54.7 Å². The fourth-order valence-electron chi connectivity index (χ4n) is 2.94. The lowest BCUT2D eigenvalue weighted by molar-refractivity contribution is 0.314. The summed E-state index contributed by atoms with van der Waals surface area (Å²) in [5.74, 6) is 3.88. The molecule has 1 heterocycles. The fourth-order valence-corrected chi connectivity index (χ4v) is 3.07. The molecule has 3 aromatic rings. The summed E-state index contributed by atoms with van der Waals surface area (Å²) in [6.45, 7) is 9.40. The average molecular weight is 477 g/mol. The van der Waals surface area contributed by atoms with Crippen molar-refractivity contribution in [2.45, 2.75) is 34.2 Å². The standard InChI is InChI=1S/C24H26Cl2N2O4/c1-5-28-24(16(3)17(4)27-28)32-19-9-7-18(8-10-19)31-21-12-11-20(15-22(21)29-6-2)30-14-13-23(25)26/h7-13,15H,5-6,14H2,1-4H3. The number of hydrogen-bond donors (Lipinski definition) is 0. The summed E-state index contributed by atoms with van der Waals surface area (Å²) in [5, 5.41) is 4.49. The molecule has 32 heavy (non-hydrogen) atoms. The number of halogens is 2. The van der Waals surface area contributed by atoms with E-state index in [0.29, 0.717) is 35.4 Å². The first-order chi connectivity index (χ1) is 15.4. The van der Waals surface area contributed by atoms with Gasteiger partial charge in [-0.3, -0.25) is 0 Å². The van der Waals surface area contributed by atoms with E-state index in [-0.39, 0.29) is 11.1 Å². The molecule has 0 amide bonds. The molecule has 6 nitrogen and oxygen atoms in total. The maximum atomic E-state index is 6.07. The third kappa shape index (κ3) is 6.11. The molecule has 0 aliphatic carbocycles. The van der Waals surface area contributed by atoms with Crippen LogP contribution in [0.15, 0.2) is 53.0 Å².